The molecule has 3 aliphatic heterocycles. The SMILES string of the molecule is CO[C@@]12[C@H](COC(N)=O)C3=C(C(=O)C(C)=C(N)C3=O)N1C[C@@H]1N[C@@H]12.O=C1c2c(O)ccc(O)c2C(=O)c2c(NCCNCCO)ccc(NCCNCCO)c21.O=C1c2c(O)ccc(O)c2C(=O)c2c(NCCNCCO)ccc(NCCNCCO)c21. The summed E-state index contributed by atoms with van der Waals surface area (Å²) >= 11 is 0. The van der Waals surface area contributed by atoms with Gasteiger partial charge in [0.15, 0.2) is 5.72 Å². The third kappa shape index (κ3) is 12.8. The van der Waals surface area contributed by atoms with Crippen molar-refractivity contribution >= 4 is 63.5 Å². The summed E-state index contributed by atoms with van der Waals surface area (Å²) < 4.78 is 10.8. The summed E-state index contributed by atoms with van der Waals surface area (Å²) in [6.45, 7) is 7.54. The number of aliphatic hydroxyl groups excluding tert-OH is 4. The number of carbonyl (C=O) groups is 7. The minimum absolute atomic E-state index is 0.00939. The van der Waals surface area contributed by atoms with Gasteiger partial charge in [0.2, 0.25) is 34.7 Å². The minimum Gasteiger partial charge on any atom is -0.507 e. The lowest BCUT2D eigenvalue weighted by atomic mass is 9.81. The predicted molar refractivity (Wildman–Crippen MR) is 320 cm³/mol. The first kappa shape index (κ1) is 65.2. The number of hydrogen-bond donors (Lipinski definition) is 19. The van der Waals surface area contributed by atoms with Crippen LogP contribution in [-0.4, -0.2) is 230 Å². The molecule has 10 rings (SSSR count). The van der Waals surface area contributed by atoms with Crippen LogP contribution in [0.25, 0.3) is 0 Å². The zero-order valence-electron chi connectivity index (χ0n) is 48.4. The molecule has 0 unspecified atom stereocenters. The number of ketones is 6. The fourth-order valence-electron chi connectivity index (χ4n) is 11.6. The van der Waals surface area contributed by atoms with Gasteiger partial charge in [-0.2, -0.15) is 0 Å². The van der Waals surface area contributed by atoms with Crippen molar-refractivity contribution < 1.29 is 83.9 Å². The van der Waals surface area contributed by atoms with Crippen LogP contribution >= 0.6 is 0 Å². The van der Waals surface area contributed by atoms with Gasteiger partial charge in [-0.05, 0) is 55.5 Å². The summed E-state index contributed by atoms with van der Waals surface area (Å²) in [5.74, 6) is -5.06. The lowest BCUT2D eigenvalue weighted by molar-refractivity contribution is -0.137. The van der Waals surface area contributed by atoms with Crippen LogP contribution in [0.2, 0.25) is 0 Å². The number of Topliss-reactive ketones (excluding diaryl/α,β-unsaturated/α-hetero) is 2. The molecule has 4 atom stereocenters. The number of aromatic hydroxyl groups is 4. The van der Waals surface area contributed by atoms with Crippen LogP contribution < -0.4 is 59.3 Å². The molecule has 29 heteroatoms. The van der Waals surface area contributed by atoms with Gasteiger partial charge in [-0.3, -0.25) is 28.8 Å². The van der Waals surface area contributed by atoms with Gasteiger partial charge in [0.25, 0.3) is 0 Å². The molecule has 0 aromatic heterocycles. The third-order valence-electron chi connectivity index (χ3n) is 15.6. The number of phenols is 4. The molecule has 3 aliphatic carbocycles. The molecular weight excluding hydrogens is 1150 g/mol. The van der Waals surface area contributed by atoms with Gasteiger partial charge < -0.3 is 115 Å². The van der Waals surface area contributed by atoms with Gasteiger partial charge in [-0.25, -0.2) is 4.79 Å². The van der Waals surface area contributed by atoms with Crippen LogP contribution in [0.15, 0.2) is 71.1 Å². The highest BCUT2D eigenvalue weighted by atomic mass is 16.6. The van der Waals surface area contributed by atoms with Crippen molar-refractivity contribution in [2.24, 2.45) is 17.4 Å². The van der Waals surface area contributed by atoms with Gasteiger partial charge in [0, 0.05) is 132 Å². The van der Waals surface area contributed by atoms with E-state index in [2.05, 4.69) is 47.9 Å². The van der Waals surface area contributed by atoms with E-state index in [1.54, 1.807) is 24.3 Å². The monoisotopic (exact) mass is 1220 g/mol. The van der Waals surface area contributed by atoms with E-state index in [0.717, 1.165) is 0 Å². The van der Waals surface area contributed by atoms with E-state index < -0.39 is 46.7 Å². The van der Waals surface area contributed by atoms with Crippen LogP contribution in [0.5, 0.6) is 23.0 Å². The Morgan fingerprint density at radius 2 is 0.875 bits per heavy atom. The van der Waals surface area contributed by atoms with Gasteiger partial charge in [0.1, 0.15) is 29.6 Å². The molecule has 88 heavy (non-hydrogen) atoms. The van der Waals surface area contributed by atoms with E-state index in [-0.39, 0.29) is 135 Å². The van der Waals surface area contributed by atoms with Crippen LogP contribution in [-0.2, 0) is 19.1 Å². The van der Waals surface area contributed by atoms with Gasteiger partial charge in [-0.1, -0.05) is 0 Å². The fourth-order valence-corrected chi connectivity index (χ4v) is 11.6. The van der Waals surface area contributed by atoms with Crippen molar-refractivity contribution in [1.82, 2.24) is 31.5 Å². The number of piperazine rings is 1. The molecule has 0 spiro atoms. The lowest BCUT2D eigenvalue weighted by Crippen LogP contribution is -2.55. The smallest absolute Gasteiger partial charge is 0.404 e. The Hall–Kier alpha value is -8.75. The number of rotatable bonds is 27. The molecule has 4 aromatic carbocycles. The zero-order valence-corrected chi connectivity index (χ0v) is 48.4. The van der Waals surface area contributed by atoms with E-state index >= 15 is 0 Å². The maximum absolute atomic E-state index is 13.4. The molecule has 0 bridgehead atoms. The number of nitrogens with zero attached hydrogens (tertiary/aromatic N) is 1. The molecule has 1 amide bonds. The predicted octanol–water partition coefficient (Wildman–Crippen LogP) is -1.93. The molecule has 0 saturated carbocycles. The van der Waals surface area contributed by atoms with Gasteiger partial charge >= 0.3 is 6.09 Å². The molecule has 2 saturated heterocycles. The van der Waals surface area contributed by atoms with Crippen LogP contribution in [0, 0.1) is 5.92 Å². The number of primary amides is 1. The first-order valence-electron chi connectivity index (χ1n) is 28.5. The number of nitrogens with two attached hydrogens (primary N) is 2. The summed E-state index contributed by atoms with van der Waals surface area (Å²) in [6, 6.07) is 11.6. The number of nitrogens with one attached hydrogen (secondary N) is 9. The molecule has 21 N–H and O–H groups in total. The Labute approximate surface area is 504 Å². The maximum Gasteiger partial charge on any atom is 0.404 e. The maximum atomic E-state index is 13.4. The lowest BCUT2D eigenvalue weighted by Gasteiger charge is -2.39. The number of benzene rings is 4. The van der Waals surface area contributed by atoms with Crippen molar-refractivity contribution in [3.63, 3.8) is 0 Å². The normalized spacial score (nSPS) is 19.1. The Kier molecular flexibility index (Phi) is 21.4. The van der Waals surface area contributed by atoms with Crippen LogP contribution in [0.4, 0.5) is 27.5 Å². The number of methoxy groups -OCH3 is 1. The summed E-state index contributed by atoms with van der Waals surface area (Å²) in [4.78, 5) is 91.9. The number of amides is 1. The molecule has 0 radical (unpaired) electrons. The van der Waals surface area contributed by atoms with Gasteiger partial charge in [0.05, 0.1) is 94.3 Å². The van der Waals surface area contributed by atoms with E-state index in [1.807, 2.05) is 4.90 Å². The second-order valence-corrected chi connectivity index (χ2v) is 20.9. The summed E-state index contributed by atoms with van der Waals surface area (Å²) in [5.41, 5.74) is 12.0. The quantitative estimate of drug-likeness (QED) is 0.0116. The zero-order chi connectivity index (χ0) is 63.6. The number of hydrogen-bond acceptors (Lipinski definition) is 28. The third-order valence-corrected chi connectivity index (χ3v) is 15.6. The number of aliphatic hydroxyl groups is 4. The highest BCUT2D eigenvalue weighted by Gasteiger charge is 2.72. The van der Waals surface area contributed by atoms with Crippen molar-refractivity contribution in [3.8, 4) is 23.0 Å². The number of anilines is 4. The molecular formula is C59H74N12O17. The first-order chi connectivity index (χ1) is 42.4. The minimum atomic E-state index is -0.957. The van der Waals surface area contributed by atoms with E-state index in [9.17, 15) is 54.0 Å². The van der Waals surface area contributed by atoms with Gasteiger partial charge in [-0.15, -0.1) is 0 Å². The van der Waals surface area contributed by atoms with Crippen molar-refractivity contribution in [3.05, 3.63) is 116 Å². The van der Waals surface area contributed by atoms with E-state index in [1.165, 1.54) is 38.3 Å². The highest BCUT2D eigenvalue weighted by Crippen LogP contribution is 2.56. The standard InChI is InChI=1S/2C22H28N4O6.C15H18N4O5/c2*27-11-9-23-5-7-25-13-1-2-14(26-8-6-24-10-12-28)18-17(13)21(31)19-15(29)3-4-16(30)20(19)22(18)32;1-5-9(16)12(21)8-6(4-24-14(17)22)15(23-2)13-7(18-13)3-19(15)10(8)11(5)20/h2*1-4,23-30H,5-12H2;6-7,13,18H,3-4,16H2,1-2H3,(H2,17,22)/t;;6-,7+,13+,15-/m..1/s1. The van der Waals surface area contributed by atoms with Crippen molar-refractivity contribution in [1.29, 1.82) is 0 Å². The number of allylic oxidation sites excluding steroid dienone is 2. The second-order valence-electron chi connectivity index (χ2n) is 20.9. The molecule has 3 heterocycles. The Bertz CT molecular complexity index is 3130. The molecule has 29 nitrogen and oxygen atoms in total. The van der Waals surface area contributed by atoms with E-state index in [4.69, 9.17) is 41.4 Å². The van der Waals surface area contributed by atoms with Crippen molar-refractivity contribution in [2.75, 3.05) is 146 Å². The average molecular weight is 1220 g/mol. The summed E-state index contributed by atoms with van der Waals surface area (Å²) in [5, 5.41) is 104. The second kappa shape index (κ2) is 28.8. The Balaban J connectivity index is 0.000000173. The summed E-state index contributed by atoms with van der Waals surface area (Å²) in [6.07, 6.45) is -0.950. The molecule has 2 fully saturated rings. The Morgan fingerprint density at radius 1 is 0.534 bits per heavy atom. The summed E-state index contributed by atoms with van der Waals surface area (Å²) in [7, 11) is 1.52. The van der Waals surface area contributed by atoms with E-state index in [0.29, 0.717) is 114 Å². The number of carbonyl (C=O) groups excluding carboxylic acids is 7. The Morgan fingerprint density at radius 3 is 1.18 bits per heavy atom. The highest BCUT2D eigenvalue weighted by molar-refractivity contribution is 6.34. The first-order valence-corrected chi connectivity index (χ1v) is 28.5. The number of phenolic OH excluding ortho intramolecular Hbond substituents is 4. The largest absolute Gasteiger partial charge is 0.507 e. The molecule has 4 aromatic rings. The fraction of sp³-hybridized carbons (Fsp3) is 0.407. The molecule has 472 valence electrons. The van der Waals surface area contributed by atoms with Crippen molar-refractivity contribution in [2.45, 2.75) is 24.7 Å². The van der Waals surface area contributed by atoms with Crippen LogP contribution in [0.3, 0.4) is 0 Å². The van der Waals surface area contributed by atoms with Crippen LogP contribution in [0.1, 0.15) is 70.6 Å². The number of ether oxygens (including phenoxy) is 2. The topological polar surface area (TPSA) is 473 Å². The number of fused-ring (bicyclic) bond motifs is 8. The average Bonchev–Trinajstić information content (AvgIpc) is 1.60. The molecule has 6 aliphatic rings.